The first-order valence-corrected chi connectivity index (χ1v) is 5.10. The number of hydrogen-bond donors (Lipinski definition) is 0. The van der Waals surface area contributed by atoms with Crippen molar-refractivity contribution in [2.24, 2.45) is 0 Å². The summed E-state index contributed by atoms with van der Waals surface area (Å²) in [5.74, 6) is 0. The molecule has 2 nitrogen and oxygen atoms in total. The van der Waals surface area contributed by atoms with Crippen molar-refractivity contribution in [1.82, 2.24) is 4.98 Å². The highest BCUT2D eigenvalue weighted by Crippen LogP contribution is 2.36. The molecule has 0 N–H and O–H groups in total. The van der Waals surface area contributed by atoms with E-state index in [1.807, 2.05) is 12.1 Å². The zero-order chi connectivity index (χ0) is 10.1. The molecule has 2 aliphatic rings. The van der Waals surface area contributed by atoms with Crippen LogP contribution in [0.25, 0.3) is 11.3 Å². The Labute approximate surface area is 94.4 Å². The predicted molar refractivity (Wildman–Crippen MR) is 59.0 cm³/mol. The van der Waals surface area contributed by atoms with Gasteiger partial charge in [-0.25, -0.2) is 4.98 Å². The maximum atomic E-state index is 10.8. The first-order valence-electron chi connectivity index (χ1n) is 3.93. The molecule has 0 unspecified atom stereocenters. The number of halogens is 2. The molecule has 1 aliphatic carbocycles. The summed E-state index contributed by atoms with van der Waals surface area (Å²) in [7, 11) is 0. The van der Waals surface area contributed by atoms with E-state index >= 15 is 0 Å². The zero-order valence-electron chi connectivity index (χ0n) is 7.00. The number of aldehydes is 1. The van der Waals surface area contributed by atoms with E-state index in [1.54, 1.807) is 12.1 Å². The number of hydrogen-bond acceptors (Lipinski definition) is 2. The minimum Gasteiger partial charge on any atom is -0.298 e. The lowest BCUT2D eigenvalue weighted by atomic mass is 10.1. The molecule has 0 atom stereocenters. The van der Waals surface area contributed by atoms with E-state index in [4.69, 9.17) is 11.6 Å². The summed E-state index contributed by atoms with van der Waals surface area (Å²) >= 11 is 9.17. The Morgan fingerprint density at radius 2 is 2.07 bits per heavy atom. The fourth-order valence-corrected chi connectivity index (χ4v) is 1.87. The average molecular weight is 271 g/mol. The smallest absolute Gasteiger partial charge is 0.152 e. The van der Waals surface area contributed by atoms with E-state index in [0.717, 1.165) is 16.3 Å². The van der Waals surface area contributed by atoms with Crippen molar-refractivity contribution in [2.45, 2.75) is 0 Å². The second-order valence-electron chi connectivity index (χ2n) is 2.77. The highest BCUT2D eigenvalue weighted by Gasteiger charge is 2.16. The van der Waals surface area contributed by atoms with Crippen LogP contribution in [0.15, 0.2) is 28.7 Å². The average Bonchev–Trinajstić information content (AvgIpc) is 2.41. The summed E-state index contributed by atoms with van der Waals surface area (Å²) in [6.07, 6.45) is 0.776. The van der Waals surface area contributed by atoms with Crippen LogP contribution in [0, 0.1) is 0 Å². The molecule has 0 saturated carbocycles. The minimum atomic E-state index is 0.384. The molecule has 0 radical (unpaired) electrons. The molecule has 0 fully saturated rings. The lowest BCUT2D eigenvalue weighted by molar-refractivity contribution is 0.112. The molecule has 70 valence electrons. The van der Waals surface area contributed by atoms with Crippen molar-refractivity contribution >= 4 is 33.8 Å². The Bertz CT molecular complexity index is 472. The molecule has 1 heterocycles. The van der Waals surface area contributed by atoms with Crippen LogP contribution >= 0.6 is 27.5 Å². The molecule has 0 spiro atoms. The molecule has 14 heavy (non-hydrogen) atoms. The van der Waals surface area contributed by atoms with Crippen molar-refractivity contribution in [3.63, 3.8) is 0 Å². The van der Waals surface area contributed by atoms with Crippen LogP contribution in [0.2, 0.25) is 5.15 Å². The molecule has 2 rings (SSSR count). The van der Waals surface area contributed by atoms with Crippen LogP contribution < -0.4 is 0 Å². The second kappa shape index (κ2) is 3.67. The van der Waals surface area contributed by atoms with Gasteiger partial charge in [0.1, 0.15) is 5.15 Å². The van der Waals surface area contributed by atoms with Crippen molar-refractivity contribution in [2.75, 3.05) is 0 Å². The molecule has 0 saturated heterocycles. The minimum absolute atomic E-state index is 0.384. The highest BCUT2D eigenvalue weighted by molar-refractivity contribution is 9.10. The predicted octanol–water partition coefficient (Wildman–Crippen LogP) is 3.41. The lowest BCUT2D eigenvalue weighted by Gasteiger charge is -1.92. The molecule has 0 aromatic heterocycles. The van der Waals surface area contributed by atoms with Crippen LogP contribution in [0.5, 0.6) is 0 Å². The van der Waals surface area contributed by atoms with E-state index in [2.05, 4.69) is 20.9 Å². The maximum Gasteiger partial charge on any atom is 0.152 e. The van der Waals surface area contributed by atoms with Crippen molar-refractivity contribution < 1.29 is 4.79 Å². The molecule has 0 aromatic rings. The number of rotatable bonds is 1. The van der Waals surface area contributed by atoms with Crippen LogP contribution in [-0.4, -0.2) is 11.3 Å². The summed E-state index contributed by atoms with van der Waals surface area (Å²) in [5, 5.41) is 0.384. The van der Waals surface area contributed by atoms with Gasteiger partial charge in [0.15, 0.2) is 6.29 Å². The van der Waals surface area contributed by atoms with Crippen LogP contribution in [0.3, 0.4) is 0 Å². The third kappa shape index (κ3) is 1.42. The summed E-state index contributed by atoms with van der Waals surface area (Å²) < 4.78 is 0.730. The molecular formula is C10H5BrClNO. The van der Waals surface area contributed by atoms with E-state index < -0.39 is 0 Å². The first-order chi connectivity index (χ1) is 6.74. The van der Waals surface area contributed by atoms with Crippen molar-refractivity contribution in [1.29, 1.82) is 0 Å². The van der Waals surface area contributed by atoms with Crippen molar-refractivity contribution in [3.8, 4) is 11.3 Å². The topological polar surface area (TPSA) is 30.0 Å². The second-order valence-corrected chi connectivity index (χ2v) is 3.92. The number of carbonyl (C=O) groups is 1. The van der Waals surface area contributed by atoms with Gasteiger partial charge < -0.3 is 0 Å². The molecule has 1 aliphatic heterocycles. The van der Waals surface area contributed by atoms with Gasteiger partial charge >= 0.3 is 0 Å². The quantitative estimate of drug-likeness (QED) is 0.743. The fourth-order valence-electron chi connectivity index (χ4n) is 1.28. The summed E-state index contributed by atoms with van der Waals surface area (Å²) in [4.78, 5) is 14.9. The maximum absolute atomic E-state index is 10.8. The van der Waals surface area contributed by atoms with Gasteiger partial charge in [0.05, 0.1) is 10.2 Å². The Kier molecular flexibility index (Phi) is 2.52. The van der Waals surface area contributed by atoms with E-state index in [9.17, 15) is 4.79 Å². The Morgan fingerprint density at radius 1 is 1.36 bits per heavy atom. The lowest BCUT2D eigenvalue weighted by Crippen LogP contribution is -1.82. The molecule has 0 bridgehead atoms. The Hall–Kier alpha value is -0.930. The molecule has 4 heteroatoms. The van der Waals surface area contributed by atoms with E-state index in [0.29, 0.717) is 16.4 Å². The number of carbonyl (C=O) groups excluding carboxylic acids is 1. The number of fused-ring (bicyclic) bond motifs is 1. The molecular weight excluding hydrogens is 265 g/mol. The van der Waals surface area contributed by atoms with Gasteiger partial charge in [0, 0.05) is 11.1 Å². The van der Waals surface area contributed by atoms with E-state index in [-0.39, 0.29) is 0 Å². The normalized spacial score (nSPS) is 10.4. The molecule has 0 aromatic carbocycles. The fraction of sp³-hybridized carbons (Fsp3) is 0. The summed E-state index contributed by atoms with van der Waals surface area (Å²) in [6.45, 7) is 0. The number of nitrogens with zero attached hydrogens (tertiary/aromatic N) is 1. The van der Waals surface area contributed by atoms with Crippen LogP contribution in [-0.2, 0) is 0 Å². The summed E-state index contributed by atoms with van der Waals surface area (Å²) in [6, 6.07) is 7.22. The Balaban J connectivity index is 2.83. The standard InChI is InChI=1S/C10H5BrClNO/c11-8-7-4-2-1-3-6(5-14)9(7)13-10(8)12/h1-5H. The van der Waals surface area contributed by atoms with Crippen LogP contribution in [0.1, 0.15) is 10.4 Å². The monoisotopic (exact) mass is 269 g/mol. The van der Waals surface area contributed by atoms with Crippen LogP contribution in [0.4, 0.5) is 0 Å². The van der Waals surface area contributed by atoms with Gasteiger partial charge in [0.25, 0.3) is 0 Å². The van der Waals surface area contributed by atoms with Gasteiger partial charge in [-0.3, -0.25) is 4.79 Å². The van der Waals surface area contributed by atoms with Gasteiger partial charge in [-0.1, -0.05) is 29.8 Å². The summed E-state index contributed by atoms with van der Waals surface area (Å²) in [5.41, 5.74) is 2.02. The van der Waals surface area contributed by atoms with Gasteiger partial charge in [-0.2, -0.15) is 0 Å². The van der Waals surface area contributed by atoms with Gasteiger partial charge in [-0.15, -0.1) is 0 Å². The third-order valence-electron chi connectivity index (χ3n) is 1.93. The molecule has 0 amide bonds. The third-order valence-corrected chi connectivity index (χ3v) is 3.24. The van der Waals surface area contributed by atoms with Gasteiger partial charge in [0.2, 0.25) is 0 Å². The van der Waals surface area contributed by atoms with E-state index in [1.165, 1.54) is 0 Å². The SMILES string of the molecule is O=Cc1ccccc2c(Br)c(Cl)nc1-2. The number of aromatic nitrogens is 1. The van der Waals surface area contributed by atoms with Gasteiger partial charge in [-0.05, 0) is 22.0 Å². The zero-order valence-corrected chi connectivity index (χ0v) is 9.34. The Morgan fingerprint density at radius 3 is 2.79 bits per heavy atom. The largest absolute Gasteiger partial charge is 0.298 e. The van der Waals surface area contributed by atoms with Crippen molar-refractivity contribution in [3.05, 3.63) is 39.5 Å². The first kappa shape index (κ1) is 9.62. The highest BCUT2D eigenvalue weighted by atomic mass is 79.9.